The first-order valence-electron chi connectivity index (χ1n) is 34.2. The number of nitrogens with zero attached hydrogens (tertiary/aromatic N) is 4. The highest BCUT2D eigenvalue weighted by Gasteiger charge is 2.37. The molecule has 16 aromatic carbocycles. The van der Waals surface area contributed by atoms with Crippen LogP contribution in [-0.2, 0) is 5.41 Å². The van der Waals surface area contributed by atoms with Crippen LogP contribution in [0.25, 0.3) is 105 Å². The van der Waals surface area contributed by atoms with Crippen LogP contribution in [0.4, 0.5) is 51.2 Å². The highest BCUT2D eigenvalue weighted by atomic mass is 15.2. The quantitative estimate of drug-likeness (QED) is 0.108. The number of fused-ring (bicyclic) bond motifs is 8. The first-order chi connectivity index (χ1) is 48.8. The Bertz CT molecular complexity index is 5840. The van der Waals surface area contributed by atoms with Crippen LogP contribution in [0, 0.1) is 0 Å². The minimum Gasteiger partial charge on any atom is -0.310 e. The lowest BCUT2D eigenvalue weighted by atomic mass is 9.81. The fourth-order valence-electron chi connectivity index (χ4n) is 15.4. The van der Waals surface area contributed by atoms with E-state index in [9.17, 15) is 0 Å². The number of para-hydroxylation sites is 4. The molecular formula is C95H68N4. The maximum atomic E-state index is 2.45. The van der Waals surface area contributed by atoms with E-state index in [0.29, 0.717) is 0 Å². The van der Waals surface area contributed by atoms with E-state index in [1.54, 1.807) is 0 Å². The zero-order valence-electron chi connectivity index (χ0n) is 55.1. The zero-order valence-corrected chi connectivity index (χ0v) is 55.1. The summed E-state index contributed by atoms with van der Waals surface area (Å²) in [6, 6.07) is 138. The maximum absolute atomic E-state index is 2.45. The van der Waals surface area contributed by atoms with Gasteiger partial charge in [0.2, 0.25) is 0 Å². The van der Waals surface area contributed by atoms with E-state index in [0.717, 1.165) is 67.9 Å². The molecule has 0 saturated heterocycles. The van der Waals surface area contributed by atoms with Crippen LogP contribution in [0.15, 0.2) is 376 Å². The molecule has 18 rings (SSSR count). The van der Waals surface area contributed by atoms with Crippen LogP contribution in [0.1, 0.15) is 25.0 Å². The standard InChI is InChI=1S/C95H68N4/c1-95(2)91-63-73(72-44-59-94-90(62-72)89-31-17-18-33-93(89)99(94)77-29-13-6-14-30-77)43-56-87(91)88-58-55-84(64-92(88)95)98(80-45-34-67(35-46-80)65-20-7-3-8-21-65)81-51-41-70(42-52-81)85-32-19-24-74-61-83(54-57-86(74)85)97(76-27-11-5-12-28-76)79-49-38-69(39-50-79)68-36-47-78(48-37-68)96(75-25-9-4-10-26-75)82-53-40-66-22-15-16-23-71(66)60-82/h3-64H,1-2H3. The first kappa shape index (κ1) is 58.8. The zero-order chi connectivity index (χ0) is 66.0. The van der Waals surface area contributed by atoms with Crippen LogP contribution in [0.3, 0.4) is 0 Å². The van der Waals surface area contributed by atoms with Crippen LogP contribution in [0.2, 0.25) is 0 Å². The second-order valence-electron chi connectivity index (χ2n) is 26.5. The van der Waals surface area contributed by atoms with Gasteiger partial charge in [-0.15, -0.1) is 0 Å². The van der Waals surface area contributed by atoms with Crippen molar-refractivity contribution >= 4 is 94.5 Å². The van der Waals surface area contributed by atoms with Crippen molar-refractivity contribution in [3.8, 4) is 61.3 Å². The van der Waals surface area contributed by atoms with Gasteiger partial charge in [-0.1, -0.05) is 244 Å². The molecule has 4 nitrogen and oxygen atoms in total. The van der Waals surface area contributed by atoms with Crippen molar-refractivity contribution in [1.29, 1.82) is 0 Å². The number of benzene rings is 16. The molecule has 0 spiro atoms. The minimum absolute atomic E-state index is 0.269. The average Bonchev–Trinajstić information content (AvgIpc) is 1.59. The van der Waals surface area contributed by atoms with Crippen molar-refractivity contribution in [3.63, 3.8) is 0 Å². The predicted molar refractivity (Wildman–Crippen MR) is 419 cm³/mol. The SMILES string of the molecule is CC1(C)c2cc(-c3ccc4c(c3)c3ccccc3n4-c3ccccc3)ccc2-c2ccc(N(c3ccc(-c4ccccc4)cc3)c3ccc(-c4cccc5cc(N(c6ccccc6)c6ccc(-c7ccc(N(c8ccccc8)c8ccc9ccccc9c8)cc7)cc6)ccc45)cc3)cc21. The molecule has 0 saturated carbocycles. The summed E-state index contributed by atoms with van der Waals surface area (Å²) in [6.45, 7) is 4.79. The van der Waals surface area contributed by atoms with E-state index in [1.807, 2.05) is 0 Å². The minimum atomic E-state index is -0.269. The third-order valence-corrected chi connectivity index (χ3v) is 20.3. The fraction of sp³-hybridized carbons (Fsp3) is 0.0316. The van der Waals surface area contributed by atoms with Crippen molar-refractivity contribution in [1.82, 2.24) is 4.57 Å². The normalized spacial score (nSPS) is 12.2. The molecule has 0 atom stereocenters. The van der Waals surface area contributed by atoms with Crippen LogP contribution < -0.4 is 14.7 Å². The second-order valence-corrected chi connectivity index (χ2v) is 26.5. The molecule has 99 heavy (non-hydrogen) atoms. The highest BCUT2D eigenvalue weighted by molar-refractivity contribution is 6.11. The molecule has 1 aromatic heterocycles. The summed E-state index contributed by atoms with van der Waals surface area (Å²) in [5, 5.41) is 7.32. The Balaban J connectivity index is 0.647. The Labute approximate surface area is 578 Å². The van der Waals surface area contributed by atoms with E-state index in [4.69, 9.17) is 0 Å². The van der Waals surface area contributed by atoms with Gasteiger partial charge in [0.05, 0.1) is 11.0 Å². The number of hydrogen-bond donors (Lipinski definition) is 0. The molecular weight excluding hydrogens is 1200 g/mol. The number of hydrogen-bond acceptors (Lipinski definition) is 3. The molecule has 4 heteroatoms. The summed E-state index contributed by atoms with van der Waals surface area (Å²) in [6.07, 6.45) is 0. The smallest absolute Gasteiger partial charge is 0.0541 e. The molecule has 1 heterocycles. The van der Waals surface area contributed by atoms with Gasteiger partial charge in [-0.05, 0) is 234 Å². The highest BCUT2D eigenvalue weighted by Crippen LogP contribution is 2.53. The Morgan fingerprint density at radius 1 is 0.212 bits per heavy atom. The lowest BCUT2D eigenvalue weighted by molar-refractivity contribution is 0.660. The lowest BCUT2D eigenvalue weighted by Gasteiger charge is -2.28. The van der Waals surface area contributed by atoms with Crippen molar-refractivity contribution in [2.75, 3.05) is 14.7 Å². The van der Waals surface area contributed by atoms with E-state index < -0.39 is 0 Å². The molecule has 1 aliphatic rings. The van der Waals surface area contributed by atoms with E-state index in [-0.39, 0.29) is 5.41 Å². The first-order valence-corrected chi connectivity index (χ1v) is 34.2. The molecule has 17 aromatic rings. The van der Waals surface area contributed by atoms with Crippen molar-refractivity contribution < 1.29 is 0 Å². The van der Waals surface area contributed by atoms with E-state index in [1.165, 1.54) is 99.1 Å². The molecule has 0 amide bonds. The molecule has 0 radical (unpaired) electrons. The summed E-state index contributed by atoms with van der Waals surface area (Å²) in [5.74, 6) is 0. The van der Waals surface area contributed by atoms with Gasteiger partial charge in [-0.2, -0.15) is 0 Å². The molecule has 0 fully saturated rings. The third kappa shape index (κ3) is 10.6. The molecule has 0 unspecified atom stereocenters. The fourth-order valence-corrected chi connectivity index (χ4v) is 15.4. The lowest BCUT2D eigenvalue weighted by Crippen LogP contribution is -2.16. The van der Waals surface area contributed by atoms with Crippen molar-refractivity contribution in [3.05, 3.63) is 387 Å². The number of aromatic nitrogens is 1. The summed E-state index contributed by atoms with van der Waals surface area (Å²) in [7, 11) is 0. The summed E-state index contributed by atoms with van der Waals surface area (Å²) in [4.78, 5) is 7.12. The average molecular weight is 1270 g/mol. The molecule has 1 aliphatic carbocycles. The van der Waals surface area contributed by atoms with Gasteiger partial charge in [-0.25, -0.2) is 0 Å². The van der Waals surface area contributed by atoms with Crippen LogP contribution in [-0.4, -0.2) is 4.57 Å². The topological polar surface area (TPSA) is 14.7 Å². The molecule has 0 N–H and O–H groups in total. The van der Waals surface area contributed by atoms with Gasteiger partial charge in [-0.3, -0.25) is 0 Å². The Morgan fingerprint density at radius 2 is 0.606 bits per heavy atom. The van der Waals surface area contributed by atoms with Crippen LogP contribution in [0.5, 0.6) is 0 Å². The van der Waals surface area contributed by atoms with Gasteiger partial charge in [0, 0.05) is 73.1 Å². The summed E-state index contributed by atoms with van der Waals surface area (Å²) < 4.78 is 2.39. The Morgan fingerprint density at radius 3 is 1.21 bits per heavy atom. The monoisotopic (exact) mass is 1260 g/mol. The molecule has 468 valence electrons. The van der Waals surface area contributed by atoms with E-state index in [2.05, 4.69) is 409 Å². The van der Waals surface area contributed by atoms with Gasteiger partial charge >= 0.3 is 0 Å². The molecule has 0 bridgehead atoms. The molecule has 0 aliphatic heterocycles. The second kappa shape index (κ2) is 24.5. The van der Waals surface area contributed by atoms with Gasteiger partial charge in [0.1, 0.15) is 0 Å². The van der Waals surface area contributed by atoms with E-state index >= 15 is 0 Å². The van der Waals surface area contributed by atoms with Crippen molar-refractivity contribution in [2.45, 2.75) is 19.3 Å². The van der Waals surface area contributed by atoms with Gasteiger partial charge < -0.3 is 19.3 Å². The predicted octanol–water partition coefficient (Wildman–Crippen LogP) is 26.5. The van der Waals surface area contributed by atoms with Crippen molar-refractivity contribution in [2.24, 2.45) is 0 Å². The summed E-state index contributed by atoms with van der Waals surface area (Å²) >= 11 is 0. The Kier molecular flexibility index (Phi) is 14.5. The number of anilines is 9. The van der Waals surface area contributed by atoms with Gasteiger partial charge in [0.25, 0.3) is 0 Å². The third-order valence-electron chi connectivity index (χ3n) is 20.3. The number of rotatable bonds is 14. The largest absolute Gasteiger partial charge is 0.310 e. The van der Waals surface area contributed by atoms with Gasteiger partial charge in [0.15, 0.2) is 0 Å². The summed E-state index contributed by atoms with van der Waals surface area (Å²) in [5.41, 5.74) is 27.9. The maximum Gasteiger partial charge on any atom is 0.0541 e. The Hall–Kier alpha value is -12.8. The van der Waals surface area contributed by atoms with Crippen LogP contribution >= 0.6 is 0 Å².